The predicted octanol–water partition coefficient (Wildman–Crippen LogP) is 4.94. The molecule has 3 heteroatoms. The van der Waals surface area contributed by atoms with E-state index in [1.165, 1.54) is 0 Å². The third kappa shape index (κ3) is 3.95. The van der Waals surface area contributed by atoms with Gasteiger partial charge in [-0.1, -0.05) is 48.0 Å². The van der Waals surface area contributed by atoms with Crippen molar-refractivity contribution in [3.8, 4) is 0 Å². The highest BCUT2D eigenvalue weighted by Gasteiger charge is 2.44. The van der Waals surface area contributed by atoms with Gasteiger partial charge in [0.05, 0.1) is 0 Å². The van der Waals surface area contributed by atoms with E-state index < -0.39 is 5.60 Å². The molecular formula is C18H25BrO2. The molecule has 0 amide bonds. The SMILES string of the molecule is CCOC1(C(=O)Cc2ccccc2Br)CCC(C)(C)CC1. The van der Waals surface area contributed by atoms with Crippen molar-refractivity contribution in [3.05, 3.63) is 34.3 Å². The molecule has 21 heavy (non-hydrogen) atoms. The molecule has 0 unspecified atom stereocenters. The standard InChI is InChI=1S/C18H25BrO2/c1-4-21-18(11-9-17(2,3)10-12-18)16(20)13-14-7-5-6-8-15(14)19/h5-8H,4,9-13H2,1-3H3. The molecule has 2 nitrogen and oxygen atoms in total. The van der Waals surface area contributed by atoms with Crippen LogP contribution in [0.5, 0.6) is 0 Å². The molecule has 116 valence electrons. The molecule has 0 heterocycles. The summed E-state index contributed by atoms with van der Waals surface area (Å²) in [5, 5.41) is 0. The molecule has 2 rings (SSSR count). The first-order valence-electron chi connectivity index (χ1n) is 7.79. The van der Waals surface area contributed by atoms with Crippen molar-refractivity contribution in [2.75, 3.05) is 6.61 Å². The maximum absolute atomic E-state index is 12.9. The number of ether oxygens (including phenoxy) is 1. The summed E-state index contributed by atoms with van der Waals surface area (Å²) in [6, 6.07) is 7.94. The predicted molar refractivity (Wildman–Crippen MR) is 89.5 cm³/mol. The van der Waals surface area contributed by atoms with E-state index in [9.17, 15) is 4.79 Å². The summed E-state index contributed by atoms with van der Waals surface area (Å²) in [4.78, 5) is 12.9. The minimum atomic E-state index is -0.570. The van der Waals surface area contributed by atoms with Crippen LogP contribution in [0.3, 0.4) is 0 Å². The molecular weight excluding hydrogens is 328 g/mol. The van der Waals surface area contributed by atoms with E-state index in [0.717, 1.165) is 35.7 Å². The summed E-state index contributed by atoms with van der Waals surface area (Å²) in [5.74, 6) is 0.228. The lowest BCUT2D eigenvalue weighted by Crippen LogP contribution is -2.47. The van der Waals surface area contributed by atoms with Crippen LogP contribution in [0.2, 0.25) is 0 Å². The number of hydrogen-bond acceptors (Lipinski definition) is 2. The van der Waals surface area contributed by atoms with E-state index in [0.29, 0.717) is 18.4 Å². The Bertz CT molecular complexity index is 498. The van der Waals surface area contributed by atoms with E-state index in [2.05, 4.69) is 29.8 Å². The maximum Gasteiger partial charge on any atom is 0.169 e. The molecule has 1 saturated carbocycles. The van der Waals surface area contributed by atoms with Crippen LogP contribution in [0.1, 0.15) is 52.0 Å². The Balaban J connectivity index is 2.15. The lowest BCUT2D eigenvalue weighted by Gasteiger charge is -2.42. The van der Waals surface area contributed by atoms with E-state index in [1.54, 1.807) is 0 Å². The van der Waals surface area contributed by atoms with Crippen LogP contribution in [0.25, 0.3) is 0 Å². The second-order valence-electron chi connectivity index (χ2n) is 6.78. The van der Waals surface area contributed by atoms with Crippen molar-refractivity contribution >= 4 is 21.7 Å². The van der Waals surface area contributed by atoms with Gasteiger partial charge in [-0.2, -0.15) is 0 Å². The zero-order valence-corrected chi connectivity index (χ0v) is 14.8. The van der Waals surface area contributed by atoms with Crippen LogP contribution in [0.15, 0.2) is 28.7 Å². The van der Waals surface area contributed by atoms with Crippen molar-refractivity contribution in [3.63, 3.8) is 0 Å². The summed E-state index contributed by atoms with van der Waals surface area (Å²) < 4.78 is 6.97. The third-order valence-electron chi connectivity index (χ3n) is 4.65. The molecule has 0 N–H and O–H groups in total. The van der Waals surface area contributed by atoms with Crippen LogP contribution < -0.4 is 0 Å². The molecule has 0 saturated heterocycles. The summed E-state index contributed by atoms with van der Waals surface area (Å²) in [6.45, 7) is 7.14. The summed E-state index contributed by atoms with van der Waals surface area (Å²) in [6.07, 6.45) is 4.24. The van der Waals surface area contributed by atoms with Crippen LogP contribution in [0.4, 0.5) is 0 Å². The molecule has 0 atom stereocenters. The highest BCUT2D eigenvalue weighted by Crippen LogP contribution is 2.43. The van der Waals surface area contributed by atoms with Crippen molar-refractivity contribution in [1.82, 2.24) is 0 Å². The first-order valence-corrected chi connectivity index (χ1v) is 8.58. The number of hydrogen-bond donors (Lipinski definition) is 0. The fourth-order valence-electron chi connectivity index (χ4n) is 3.09. The first kappa shape index (κ1) is 16.7. The third-order valence-corrected chi connectivity index (χ3v) is 5.42. The van der Waals surface area contributed by atoms with Gasteiger partial charge in [0.2, 0.25) is 0 Å². The Hall–Kier alpha value is -0.670. The zero-order chi connectivity index (χ0) is 15.5. The van der Waals surface area contributed by atoms with Gasteiger partial charge in [0.1, 0.15) is 5.60 Å². The van der Waals surface area contributed by atoms with E-state index in [1.807, 2.05) is 31.2 Å². The highest BCUT2D eigenvalue weighted by atomic mass is 79.9. The average molecular weight is 353 g/mol. The smallest absolute Gasteiger partial charge is 0.169 e. The second kappa shape index (κ2) is 6.62. The molecule has 1 fully saturated rings. The van der Waals surface area contributed by atoms with Crippen LogP contribution >= 0.6 is 15.9 Å². The van der Waals surface area contributed by atoms with Crippen molar-refractivity contribution < 1.29 is 9.53 Å². The highest BCUT2D eigenvalue weighted by molar-refractivity contribution is 9.10. The van der Waals surface area contributed by atoms with Gasteiger partial charge in [-0.15, -0.1) is 0 Å². The number of carbonyl (C=O) groups excluding carboxylic acids is 1. The Morgan fingerprint density at radius 1 is 1.19 bits per heavy atom. The monoisotopic (exact) mass is 352 g/mol. The molecule has 0 aliphatic heterocycles. The lowest BCUT2D eigenvalue weighted by atomic mass is 9.69. The number of ketones is 1. The molecule has 0 radical (unpaired) electrons. The van der Waals surface area contributed by atoms with Gasteiger partial charge in [0.15, 0.2) is 5.78 Å². The van der Waals surface area contributed by atoms with Gasteiger partial charge in [0, 0.05) is 17.5 Å². The van der Waals surface area contributed by atoms with Crippen LogP contribution in [-0.4, -0.2) is 18.0 Å². The lowest BCUT2D eigenvalue weighted by molar-refractivity contribution is -0.151. The Kier molecular flexibility index (Phi) is 5.26. The average Bonchev–Trinajstić information content (AvgIpc) is 2.44. The second-order valence-corrected chi connectivity index (χ2v) is 7.64. The minimum absolute atomic E-state index is 0.228. The van der Waals surface area contributed by atoms with Gasteiger partial charge in [-0.05, 0) is 49.7 Å². The minimum Gasteiger partial charge on any atom is -0.367 e. The van der Waals surface area contributed by atoms with Gasteiger partial charge < -0.3 is 4.74 Å². The Morgan fingerprint density at radius 3 is 2.38 bits per heavy atom. The normalized spacial score (nSPS) is 20.2. The zero-order valence-electron chi connectivity index (χ0n) is 13.2. The Morgan fingerprint density at radius 2 is 1.81 bits per heavy atom. The van der Waals surface area contributed by atoms with E-state index in [-0.39, 0.29) is 5.78 Å². The van der Waals surface area contributed by atoms with E-state index in [4.69, 9.17) is 4.74 Å². The fourth-order valence-corrected chi connectivity index (χ4v) is 3.51. The van der Waals surface area contributed by atoms with Crippen molar-refractivity contribution in [2.45, 2.75) is 58.5 Å². The number of rotatable bonds is 5. The van der Waals surface area contributed by atoms with Gasteiger partial charge in [0.25, 0.3) is 0 Å². The van der Waals surface area contributed by atoms with Crippen LogP contribution in [-0.2, 0) is 16.0 Å². The molecule has 0 aromatic heterocycles. The number of benzene rings is 1. The molecule has 1 aromatic carbocycles. The number of halogens is 1. The molecule has 1 aromatic rings. The topological polar surface area (TPSA) is 26.3 Å². The molecule has 0 bridgehead atoms. The Labute approximate surface area is 136 Å². The molecule has 1 aliphatic carbocycles. The fraction of sp³-hybridized carbons (Fsp3) is 0.611. The summed E-state index contributed by atoms with van der Waals surface area (Å²) in [7, 11) is 0. The van der Waals surface area contributed by atoms with Crippen molar-refractivity contribution in [1.29, 1.82) is 0 Å². The quantitative estimate of drug-likeness (QED) is 0.750. The van der Waals surface area contributed by atoms with Gasteiger partial charge in [-0.25, -0.2) is 0 Å². The molecule has 1 aliphatic rings. The van der Waals surface area contributed by atoms with E-state index >= 15 is 0 Å². The van der Waals surface area contributed by atoms with Gasteiger partial charge >= 0.3 is 0 Å². The van der Waals surface area contributed by atoms with Crippen molar-refractivity contribution in [2.24, 2.45) is 5.41 Å². The largest absolute Gasteiger partial charge is 0.367 e. The van der Waals surface area contributed by atoms with Gasteiger partial charge in [-0.3, -0.25) is 4.79 Å². The number of Topliss-reactive ketones (excluding diaryl/α,β-unsaturated/α-hetero) is 1. The van der Waals surface area contributed by atoms with Crippen LogP contribution in [0, 0.1) is 5.41 Å². The summed E-state index contributed by atoms with van der Waals surface area (Å²) >= 11 is 3.53. The summed E-state index contributed by atoms with van der Waals surface area (Å²) in [5.41, 5.74) is 0.805. The molecule has 0 spiro atoms. The number of carbonyl (C=O) groups is 1. The maximum atomic E-state index is 12.9. The first-order chi connectivity index (χ1) is 9.88.